The van der Waals surface area contributed by atoms with E-state index in [1.54, 1.807) is 0 Å². The molecule has 14 heteroatoms. The monoisotopic (exact) mass is 490 g/mol. The molecule has 1 aliphatic heterocycles. The molecule has 1 unspecified atom stereocenters. The van der Waals surface area contributed by atoms with E-state index in [0.29, 0.717) is 25.8 Å². The number of nitrogens with two attached hydrogens (primary N) is 1. The number of aliphatic carboxylic acids is 1. The van der Waals surface area contributed by atoms with Crippen molar-refractivity contribution in [3.63, 3.8) is 0 Å². The van der Waals surface area contributed by atoms with E-state index in [1.807, 2.05) is 27.7 Å². The Morgan fingerprint density at radius 1 is 1.25 bits per heavy atom. The van der Waals surface area contributed by atoms with Gasteiger partial charge in [0.25, 0.3) is 0 Å². The molecule has 0 spiro atoms. The molecule has 1 heterocycles. The summed E-state index contributed by atoms with van der Waals surface area (Å²) in [6.45, 7) is 8.02. The van der Waals surface area contributed by atoms with Crippen LogP contribution in [0.1, 0.15) is 59.8 Å². The van der Waals surface area contributed by atoms with E-state index in [9.17, 15) is 27.3 Å². The summed E-state index contributed by atoms with van der Waals surface area (Å²) >= 11 is 0. The van der Waals surface area contributed by atoms with Gasteiger partial charge in [0.1, 0.15) is 6.04 Å². The molecule has 0 aromatic heterocycles. The SMILES string of the molecule is CCC[C@H](NC(=O)[C@@H]1CCCCN1C(=O)[C@@H](N)C(C)(C)C)O[P+](=O)O.O=C(O)C(F)(F)F. The maximum atomic E-state index is 12.8. The maximum absolute atomic E-state index is 12.8. The first-order valence-electron chi connectivity index (χ1n) is 10.0. The molecule has 1 rings (SSSR count). The van der Waals surface area contributed by atoms with Gasteiger partial charge >= 0.3 is 20.4 Å². The minimum atomic E-state index is -5.08. The molecular formula is C18H32F3N3O7P+. The Morgan fingerprint density at radius 3 is 2.19 bits per heavy atom. The summed E-state index contributed by atoms with van der Waals surface area (Å²) in [4.78, 5) is 44.8. The van der Waals surface area contributed by atoms with Gasteiger partial charge in [-0.1, -0.05) is 38.6 Å². The predicted molar refractivity (Wildman–Crippen MR) is 108 cm³/mol. The molecule has 1 aliphatic rings. The van der Waals surface area contributed by atoms with Crippen molar-refractivity contribution in [2.24, 2.45) is 11.1 Å². The number of amides is 2. The third-order valence-corrected chi connectivity index (χ3v) is 5.04. The van der Waals surface area contributed by atoms with Crippen LogP contribution in [0, 0.1) is 5.41 Å². The van der Waals surface area contributed by atoms with E-state index in [0.717, 1.165) is 12.8 Å². The van der Waals surface area contributed by atoms with E-state index in [2.05, 4.69) is 5.32 Å². The van der Waals surface area contributed by atoms with Crippen LogP contribution in [0.25, 0.3) is 0 Å². The highest BCUT2D eigenvalue weighted by atomic mass is 31.1. The van der Waals surface area contributed by atoms with Gasteiger partial charge in [0.2, 0.25) is 11.8 Å². The van der Waals surface area contributed by atoms with Gasteiger partial charge in [0, 0.05) is 11.1 Å². The van der Waals surface area contributed by atoms with Gasteiger partial charge in [-0.05, 0) is 31.1 Å². The van der Waals surface area contributed by atoms with Crippen LogP contribution in [0.5, 0.6) is 0 Å². The van der Waals surface area contributed by atoms with E-state index in [1.165, 1.54) is 4.90 Å². The zero-order valence-corrected chi connectivity index (χ0v) is 19.4. The van der Waals surface area contributed by atoms with Gasteiger partial charge in [-0.2, -0.15) is 13.2 Å². The second-order valence-electron chi connectivity index (χ2n) is 8.32. The molecule has 0 aliphatic carbocycles. The Hall–Kier alpha value is -1.82. The van der Waals surface area contributed by atoms with Crippen molar-refractivity contribution in [1.29, 1.82) is 0 Å². The van der Waals surface area contributed by atoms with E-state index in [-0.39, 0.29) is 11.8 Å². The molecular weight excluding hydrogens is 458 g/mol. The molecule has 186 valence electrons. The Labute approximate surface area is 185 Å². The van der Waals surface area contributed by atoms with E-state index in [4.69, 9.17) is 25.1 Å². The number of rotatable bonds is 7. The van der Waals surface area contributed by atoms with Gasteiger partial charge < -0.3 is 21.1 Å². The van der Waals surface area contributed by atoms with Crippen LogP contribution in [-0.4, -0.2) is 63.7 Å². The Bertz CT molecular complexity index is 671. The Balaban J connectivity index is 0.00000118. The molecule has 4 atom stereocenters. The lowest BCUT2D eigenvalue weighted by Crippen LogP contribution is -2.59. The number of alkyl halides is 3. The number of hydrogen-bond acceptors (Lipinski definition) is 6. The highest BCUT2D eigenvalue weighted by Gasteiger charge is 2.39. The highest BCUT2D eigenvalue weighted by Crippen LogP contribution is 2.25. The van der Waals surface area contributed by atoms with Crippen LogP contribution in [0.4, 0.5) is 13.2 Å². The molecule has 2 amide bonds. The molecule has 1 fully saturated rings. The molecule has 10 nitrogen and oxygen atoms in total. The van der Waals surface area contributed by atoms with E-state index >= 15 is 0 Å². The fraction of sp³-hybridized carbons (Fsp3) is 0.833. The minimum absolute atomic E-state index is 0.242. The number of nitrogens with one attached hydrogen (secondary N) is 1. The van der Waals surface area contributed by atoms with Crippen molar-refractivity contribution in [3.05, 3.63) is 0 Å². The molecule has 0 bridgehead atoms. The number of nitrogens with zero attached hydrogens (tertiary/aromatic N) is 1. The first-order chi connectivity index (χ1) is 14.5. The molecule has 0 saturated carbocycles. The lowest BCUT2D eigenvalue weighted by Gasteiger charge is -2.39. The van der Waals surface area contributed by atoms with Crippen LogP contribution in [0.3, 0.4) is 0 Å². The average molecular weight is 490 g/mol. The molecule has 0 aromatic rings. The van der Waals surface area contributed by atoms with Crippen molar-refractivity contribution in [2.45, 2.75) is 84.3 Å². The Kier molecular flexibility index (Phi) is 12.3. The second kappa shape index (κ2) is 13.0. The molecule has 0 radical (unpaired) electrons. The van der Waals surface area contributed by atoms with Crippen molar-refractivity contribution in [3.8, 4) is 0 Å². The van der Waals surface area contributed by atoms with Crippen molar-refractivity contribution in [1.82, 2.24) is 10.2 Å². The smallest absolute Gasteiger partial charge is 0.475 e. The van der Waals surface area contributed by atoms with Gasteiger partial charge in [-0.25, -0.2) is 4.79 Å². The van der Waals surface area contributed by atoms with Gasteiger partial charge in [-0.3, -0.25) is 9.59 Å². The third-order valence-electron chi connectivity index (χ3n) is 4.60. The standard InChI is InChI=1S/C16H30N3O5P.C2HF3O2/c1-5-8-12(24-25(22)23)18-14(20)11-9-6-7-10-19(11)15(21)13(17)16(2,3)4;3-2(4,5)1(6)7/h11-13H,5-10,17H2,1-4H3,(H-,18,20,22,23);(H,6,7)/p+1/t11-,12+,13+;/m0./s1. The number of carboxylic acids is 1. The number of hydrogen-bond donors (Lipinski definition) is 4. The van der Waals surface area contributed by atoms with Crippen LogP contribution in [0.15, 0.2) is 0 Å². The number of carbonyl (C=O) groups excluding carboxylic acids is 2. The first kappa shape index (κ1) is 30.2. The first-order valence-corrected chi connectivity index (χ1v) is 11.1. The number of piperidine rings is 1. The fourth-order valence-corrected chi connectivity index (χ4v) is 3.17. The second-order valence-corrected chi connectivity index (χ2v) is 9.01. The maximum Gasteiger partial charge on any atom is 0.696 e. The van der Waals surface area contributed by atoms with Crippen LogP contribution in [-0.2, 0) is 23.5 Å². The lowest BCUT2D eigenvalue weighted by atomic mass is 9.85. The molecule has 1 saturated heterocycles. The zero-order chi connectivity index (χ0) is 25.3. The lowest BCUT2D eigenvalue weighted by molar-refractivity contribution is -0.192. The van der Waals surface area contributed by atoms with Crippen LogP contribution < -0.4 is 11.1 Å². The normalized spacial score (nSPS) is 19.2. The zero-order valence-electron chi connectivity index (χ0n) is 18.5. The van der Waals surface area contributed by atoms with Crippen molar-refractivity contribution < 1.29 is 46.6 Å². The average Bonchev–Trinajstić information content (AvgIpc) is 2.65. The quantitative estimate of drug-likeness (QED) is 0.312. The largest absolute Gasteiger partial charge is 0.696 e. The summed E-state index contributed by atoms with van der Waals surface area (Å²) in [7, 11) is -2.81. The predicted octanol–water partition coefficient (Wildman–Crippen LogP) is 2.28. The molecule has 5 N–H and O–H groups in total. The van der Waals surface area contributed by atoms with Gasteiger partial charge in [-0.15, -0.1) is 4.89 Å². The Morgan fingerprint density at radius 2 is 1.78 bits per heavy atom. The fourth-order valence-electron chi connectivity index (χ4n) is 2.79. The number of carboxylic acid groups (broad SMARTS) is 1. The highest BCUT2D eigenvalue weighted by molar-refractivity contribution is 7.32. The van der Waals surface area contributed by atoms with Crippen molar-refractivity contribution in [2.75, 3.05) is 6.54 Å². The van der Waals surface area contributed by atoms with Crippen molar-refractivity contribution >= 4 is 26.0 Å². The van der Waals surface area contributed by atoms with E-state index < -0.39 is 44.1 Å². The third kappa shape index (κ3) is 10.7. The summed E-state index contributed by atoms with van der Waals surface area (Å²) < 4.78 is 47.5. The number of halogens is 3. The van der Waals surface area contributed by atoms with Crippen LogP contribution >= 0.6 is 8.25 Å². The van der Waals surface area contributed by atoms with Gasteiger partial charge in [0.05, 0.1) is 6.04 Å². The minimum Gasteiger partial charge on any atom is -0.475 e. The summed E-state index contributed by atoms with van der Waals surface area (Å²) in [5.74, 6) is -3.37. The summed E-state index contributed by atoms with van der Waals surface area (Å²) in [5, 5.41) is 9.77. The molecule has 32 heavy (non-hydrogen) atoms. The molecule has 0 aromatic carbocycles. The van der Waals surface area contributed by atoms with Gasteiger partial charge in [0.15, 0.2) is 6.23 Å². The van der Waals surface area contributed by atoms with Crippen LogP contribution in [0.2, 0.25) is 0 Å². The summed E-state index contributed by atoms with van der Waals surface area (Å²) in [5.41, 5.74) is 5.68. The number of likely N-dealkylation sites (tertiary alicyclic amines) is 1. The summed E-state index contributed by atoms with van der Waals surface area (Å²) in [6, 6.07) is -1.33. The topological polar surface area (TPSA) is 159 Å². The number of carbonyl (C=O) groups is 3. The summed E-state index contributed by atoms with van der Waals surface area (Å²) in [6.07, 6.45) is -2.64.